The molecule has 9 heteroatoms. The van der Waals surface area contributed by atoms with Gasteiger partial charge in [0.05, 0.1) is 28.2 Å². The second-order valence-electron chi connectivity index (χ2n) is 7.79. The average Bonchev–Trinajstić information content (AvgIpc) is 3.54. The summed E-state index contributed by atoms with van der Waals surface area (Å²) in [4.78, 5) is 21.3. The monoisotopic (exact) mass is 479 g/mol. The molecule has 1 amide bonds. The van der Waals surface area contributed by atoms with Gasteiger partial charge in [0.15, 0.2) is 0 Å². The predicted molar refractivity (Wildman–Crippen MR) is 127 cm³/mol. The van der Waals surface area contributed by atoms with Crippen LogP contribution in [0, 0.1) is 6.92 Å². The molecule has 2 aromatic heterocycles. The van der Waals surface area contributed by atoms with Crippen molar-refractivity contribution in [2.45, 2.75) is 25.7 Å². The molecule has 0 bridgehead atoms. The van der Waals surface area contributed by atoms with E-state index in [-0.39, 0.29) is 17.8 Å². The van der Waals surface area contributed by atoms with Crippen LogP contribution in [0.3, 0.4) is 0 Å². The Balaban J connectivity index is 1.40. The van der Waals surface area contributed by atoms with Crippen LogP contribution in [-0.4, -0.2) is 25.7 Å². The zero-order valence-corrected chi connectivity index (χ0v) is 19.1. The number of rotatable bonds is 6. The molecule has 166 valence electrons. The number of aryl methyl sites for hydroxylation is 1. The van der Waals surface area contributed by atoms with Crippen LogP contribution in [0.4, 0.5) is 5.69 Å². The molecule has 7 nitrogen and oxygen atoms in total. The second-order valence-corrected chi connectivity index (χ2v) is 8.63. The highest BCUT2D eigenvalue weighted by atomic mass is 35.5. The fourth-order valence-corrected chi connectivity index (χ4v) is 4.09. The van der Waals surface area contributed by atoms with Crippen LogP contribution in [0.5, 0.6) is 11.8 Å². The Morgan fingerprint density at radius 1 is 1.12 bits per heavy atom. The standard InChI is InChI=1S/C24H19Cl2N5O2/c1-14-11-17(33-24-27-9-2-10-28-24)6-7-20(14)30-23(32)18-13-29-31(22(18)15-3-4-15)21-8-5-16(25)12-19(21)26/h2,5-13,15H,3-4H2,1H3,(H,30,32). The van der Waals surface area contributed by atoms with Crippen LogP contribution in [-0.2, 0) is 0 Å². The number of aromatic nitrogens is 4. The lowest BCUT2D eigenvalue weighted by Crippen LogP contribution is -2.15. The van der Waals surface area contributed by atoms with Crippen molar-refractivity contribution in [2.75, 3.05) is 5.32 Å². The molecule has 1 saturated carbocycles. The average molecular weight is 480 g/mol. The lowest BCUT2D eigenvalue weighted by molar-refractivity contribution is 0.102. The topological polar surface area (TPSA) is 81.9 Å². The Labute approximate surface area is 200 Å². The molecule has 4 aromatic rings. The summed E-state index contributed by atoms with van der Waals surface area (Å²) in [5.74, 6) is 0.625. The van der Waals surface area contributed by atoms with Gasteiger partial charge in [-0.15, -0.1) is 0 Å². The van der Waals surface area contributed by atoms with Gasteiger partial charge in [0.1, 0.15) is 5.75 Å². The van der Waals surface area contributed by atoms with E-state index in [9.17, 15) is 4.79 Å². The minimum atomic E-state index is -0.226. The van der Waals surface area contributed by atoms with Gasteiger partial charge in [-0.3, -0.25) is 4.79 Å². The Morgan fingerprint density at radius 2 is 1.91 bits per heavy atom. The van der Waals surface area contributed by atoms with Crippen LogP contribution >= 0.6 is 23.2 Å². The molecular formula is C24H19Cl2N5O2. The number of anilines is 1. The summed E-state index contributed by atoms with van der Waals surface area (Å²) in [5, 5.41) is 8.50. The lowest BCUT2D eigenvalue weighted by atomic mass is 10.1. The van der Waals surface area contributed by atoms with E-state index in [0.717, 1.165) is 24.1 Å². The first-order chi connectivity index (χ1) is 16.0. The molecular weight excluding hydrogens is 461 g/mol. The highest BCUT2D eigenvalue weighted by molar-refractivity contribution is 6.35. The third-order valence-electron chi connectivity index (χ3n) is 5.35. The zero-order valence-electron chi connectivity index (χ0n) is 17.6. The van der Waals surface area contributed by atoms with Crippen molar-refractivity contribution in [1.29, 1.82) is 0 Å². The highest BCUT2D eigenvalue weighted by Gasteiger charge is 2.33. The van der Waals surface area contributed by atoms with E-state index in [1.807, 2.05) is 19.1 Å². The third-order valence-corrected chi connectivity index (χ3v) is 5.89. The molecule has 2 aromatic carbocycles. The number of amides is 1. The maximum Gasteiger partial charge on any atom is 0.321 e. The van der Waals surface area contributed by atoms with Crippen LogP contribution < -0.4 is 10.1 Å². The van der Waals surface area contributed by atoms with Gasteiger partial charge in [-0.25, -0.2) is 14.6 Å². The smallest absolute Gasteiger partial charge is 0.321 e. The third kappa shape index (κ3) is 4.55. The molecule has 33 heavy (non-hydrogen) atoms. The van der Waals surface area contributed by atoms with Crippen molar-refractivity contribution in [1.82, 2.24) is 19.7 Å². The first kappa shape index (κ1) is 21.4. The zero-order chi connectivity index (χ0) is 22.9. The number of benzene rings is 2. The quantitative estimate of drug-likeness (QED) is 0.355. The van der Waals surface area contributed by atoms with Crippen molar-refractivity contribution in [3.05, 3.63) is 87.9 Å². The number of ether oxygens (including phenoxy) is 1. The summed E-state index contributed by atoms with van der Waals surface area (Å²) < 4.78 is 7.41. The van der Waals surface area contributed by atoms with Crippen LogP contribution in [0.15, 0.2) is 61.1 Å². The second kappa shape index (κ2) is 8.84. The molecule has 0 unspecified atom stereocenters. The maximum absolute atomic E-state index is 13.2. The molecule has 0 radical (unpaired) electrons. The number of hydrogen-bond donors (Lipinski definition) is 1. The summed E-state index contributed by atoms with van der Waals surface area (Å²) in [6.45, 7) is 1.90. The Morgan fingerprint density at radius 3 is 2.61 bits per heavy atom. The van der Waals surface area contributed by atoms with Crippen molar-refractivity contribution >= 4 is 34.8 Å². The summed E-state index contributed by atoms with van der Waals surface area (Å²) >= 11 is 12.4. The van der Waals surface area contributed by atoms with Gasteiger partial charge in [-0.1, -0.05) is 23.2 Å². The van der Waals surface area contributed by atoms with Crippen LogP contribution in [0.25, 0.3) is 5.69 Å². The van der Waals surface area contributed by atoms with Crippen molar-refractivity contribution < 1.29 is 9.53 Å². The first-order valence-corrected chi connectivity index (χ1v) is 11.2. The highest BCUT2D eigenvalue weighted by Crippen LogP contribution is 2.43. The Bertz CT molecular complexity index is 1340. The predicted octanol–water partition coefficient (Wildman–Crippen LogP) is 6.20. The molecule has 5 rings (SSSR count). The normalized spacial score (nSPS) is 13.1. The summed E-state index contributed by atoms with van der Waals surface area (Å²) in [5.41, 5.74) is 3.61. The summed E-state index contributed by atoms with van der Waals surface area (Å²) in [6.07, 6.45) is 6.82. The molecule has 1 N–H and O–H groups in total. The van der Waals surface area contributed by atoms with Gasteiger partial charge in [0, 0.05) is 29.0 Å². The molecule has 2 heterocycles. The molecule has 1 aliphatic carbocycles. The fraction of sp³-hybridized carbons (Fsp3) is 0.167. The SMILES string of the molecule is Cc1cc(Oc2ncccn2)ccc1NC(=O)c1cnn(-c2ccc(Cl)cc2Cl)c1C1CC1. The number of nitrogens with one attached hydrogen (secondary N) is 1. The van der Waals surface area contributed by atoms with Crippen molar-refractivity contribution in [3.63, 3.8) is 0 Å². The largest absolute Gasteiger partial charge is 0.424 e. The van der Waals surface area contributed by atoms with Gasteiger partial charge < -0.3 is 10.1 Å². The summed E-state index contributed by atoms with van der Waals surface area (Å²) in [6, 6.07) is 12.6. The number of carbonyl (C=O) groups excluding carboxylic acids is 1. The Kier molecular flexibility index (Phi) is 5.74. The summed E-state index contributed by atoms with van der Waals surface area (Å²) in [7, 11) is 0. The van der Waals surface area contributed by atoms with Crippen LogP contribution in [0.2, 0.25) is 10.0 Å². The maximum atomic E-state index is 13.2. The Hall–Kier alpha value is -3.42. The molecule has 0 aliphatic heterocycles. The van der Waals surface area contributed by atoms with E-state index in [1.165, 1.54) is 0 Å². The molecule has 1 aliphatic rings. The van der Waals surface area contributed by atoms with Crippen molar-refractivity contribution in [3.8, 4) is 17.4 Å². The number of carbonyl (C=O) groups is 1. The minimum Gasteiger partial charge on any atom is -0.424 e. The number of hydrogen-bond acceptors (Lipinski definition) is 5. The first-order valence-electron chi connectivity index (χ1n) is 10.4. The van der Waals surface area contributed by atoms with E-state index >= 15 is 0 Å². The lowest BCUT2D eigenvalue weighted by Gasteiger charge is -2.12. The van der Waals surface area contributed by atoms with Crippen molar-refractivity contribution in [2.24, 2.45) is 0 Å². The van der Waals surface area contributed by atoms with Crippen LogP contribution in [0.1, 0.15) is 40.4 Å². The van der Waals surface area contributed by atoms with E-state index in [2.05, 4.69) is 20.4 Å². The number of nitrogens with zero attached hydrogens (tertiary/aromatic N) is 4. The van der Waals surface area contributed by atoms with E-state index in [4.69, 9.17) is 27.9 Å². The molecule has 1 fully saturated rings. The molecule has 0 spiro atoms. The van der Waals surface area contributed by atoms with E-state index in [1.54, 1.807) is 53.6 Å². The van der Waals surface area contributed by atoms with E-state index < -0.39 is 0 Å². The van der Waals surface area contributed by atoms with Gasteiger partial charge in [-0.05, 0) is 67.8 Å². The van der Waals surface area contributed by atoms with Gasteiger partial charge in [0.25, 0.3) is 5.91 Å². The van der Waals surface area contributed by atoms with Gasteiger partial charge in [-0.2, -0.15) is 5.10 Å². The molecule has 0 saturated heterocycles. The number of halogens is 2. The van der Waals surface area contributed by atoms with Gasteiger partial charge in [0.2, 0.25) is 0 Å². The van der Waals surface area contributed by atoms with E-state index in [0.29, 0.717) is 32.7 Å². The minimum absolute atomic E-state index is 0.226. The molecule has 0 atom stereocenters. The fourth-order valence-electron chi connectivity index (χ4n) is 3.60. The van der Waals surface area contributed by atoms with Gasteiger partial charge >= 0.3 is 6.01 Å².